The Bertz CT molecular complexity index is 934. The SMILES string of the molecule is Cc1ccc(-n2nc(C)cc2NC(=O)CN(C)Cc2cccc(Cl)c2)cc1. The van der Waals surface area contributed by atoms with Crippen LogP contribution in [0.15, 0.2) is 54.6 Å². The molecule has 0 aliphatic heterocycles. The van der Waals surface area contributed by atoms with Crippen molar-refractivity contribution < 1.29 is 4.79 Å². The van der Waals surface area contributed by atoms with E-state index in [9.17, 15) is 4.79 Å². The summed E-state index contributed by atoms with van der Waals surface area (Å²) in [4.78, 5) is 14.5. The third kappa shape index (κ3) is 5.18. The van der Waals surface area contributed by atoms with E-state index < -0.39 is 0 Å². The van der Waals surface area contributed by atoms with Gasteiger partial charge in [0.1, 0.15) is 5.82 Å². The van der Waals surface area contributed by atoms with E-state index >= 15 is 0 Å². The molecule has 1 N–H and O–H groups in total. The van der Waals surface area contributed by atoms with Gasteiger partial charge in [-0.15, -0.1) is 0 Å². The van der Waals surface area contributed by atoms with Gasteiger partial charge >= 0.3 is 0 Å². The summed E-state index contributed by atoms with van der Waals surface area (Å²) in [5.74, 6) is 0.574. The molecule has 27 heavy (non-hydrogen) atoms. The molecular weight excluding hydrogens is 360 g/mol. The number of aromatic nitrogens is 2. The highest BCUT2D eigenvalue weighted by Crippen LogP contribution is 2.18. The first-order chi connectivity index (χ1) is 12.9. The predicted molar refractivity (Wildman–Crippen MR) is 109 cm³/mol. The van der Waals surface area contributed by atoms with Gasteiger partial charge in [-0.05, 0) is 50.7 Å². The fourth-order valence-electron chi connectivity index (χ4n) is 2.90. The van der Waals surface area contributed by atoms with Crippen LogP contribution < -0.4 is 5.32 Å². The fraction of sp³-hybridized carbons (Fsp3) is 0.238. The van der Waals surface area contributed by atoms with Crippen molar-refractivity contribution in [2.24, 2.45) is 0 Å². The molecule has 0 aliphatic carbocycles. The Morgan fingerprint density at radius 3 is 2.59 bits per heavy atom. The first kappa shape index (κ1) is 19.1. The average molecular weight is 383 g/mol. The Morgan fingerprint density at radius 2 is 1.89 bits per heavy atom. The molecule has 0 saturated carbocycles. The lowest BCUT2D eigenvalue weighted by Crippen LogP contribution is -2.30. The number of hydrogen-bond donors (Lipinski definition) is 1. The number of nitrogens with one attached hydrogen (secondary N) is 1. The number of benzene rings is 2. The second-order valence-corrected chi connectivity index (χ2v) is 7.21. The molecule has 3 rings (SSSR count). The quantitative estimate of drug-likeness (QED) is 0.694. The van der Waals surface area contributed by atoms with Gasteiger partial charge < -0.3 is 5.32 Å². The number of nitrogens with zero attached hydrogens (tertiary/aromatic N) is 3. The van der Waals surface area contributed by atoms with Gasteiger partial charge in [-0.1, -0.05) is 41.4 Å². The number of anilines is 1. The molecule has 0 aliphatic rings. The summed E-state index contributed by atoms with van der Waals surface area (Å²) in [7, 11) is 1.91. The minimum absolute atomic E-state index is 0.0900. The molecule has 0 fully saturated rings. The second-order valence-electron chi connectivity index (χ2n) is 6.77. The first-order valence-corrected chi connectivity index (χ1v) is 9.15. The van der Waals surface area contributed by atoms with E-state index in [1.807, 2.05) is 80.4 Å². The van der Waals surface area contributed by atoms with Crippen LogP contribution >= 0.6 is 11.6 Å². The zero-order chi connectivity index (χ0) is 19.4. The summed E-state index contributed by atoms with van der Waals surface area (Å²) in [5.41, 5.74) is 4.00. The van der Waals surface area contributed by atoms with Gasteiger partial charge in [0.2, 0.25) is 5.91 Å². The van der Waals surface area contributed by atoms with E-state index in [1.165, 1.54) is 5.56 Å². The van der Waals surface area contributed by atoms with Crippen LogP contribution in [-0.4, -0.2) is 34.2 Å². The molecule has 0 atom stereocenters. The minimum Gasteiger partial charge on any atom is -0.309 e. The monoisotopic (exact) mass is 382 g/mol. The molecule has 2 aromatic carbocycles. The molecule has 0 unspecified atom stereocenters. The number of likely N-dealkylation sites (N-methyl/N-ethyl adjacent to an activating group) is 1. The number of rotatable bonds is 6. The van der Waals surface area contributed by atoms with Crippen molar-refractivity contribution in [3.05, 3.63) is 76.4 Å². The number of carbonyl (C=O) groups is 1. The summed E-state index contributed by atoms with van der Waals surface area (Å²) in [6.07, 6.45) is 0. The molecule has 0 radical (unpaired) electrons. The lowest BCUT2D eigenvalue weighted by atomic mass is 10.2. The Kier molecular flexibility index (Phi) is 5.94. The summed E-state index contributed by atoms with van der Waals surface area (Å²) in [6.45, 7) is 4.86. The highest BCUT2D eigenvalue weighted by atomic mass is 35.5. The molecule has 1 aromatic heterocycles. The van der Waals surface area contributed by atoms with Gasteiger partial charge in [0, 0.05) is 17.6 Å². The van der Waals surface area contributed by atoms with Crippen molar-refractivity contribution in [1.82, 2.24) is 14.7 Å². The summed E-state index contributed by atoms with van der Waals surface area (Å²) < 4.78 is 1.75. The van der Waals surface area contributed by atoms with E-state index in [0.717, 1.165) is 16.9 Å². The first-order valence-electron chi connectivity index (χ1n) is 8.77. The third-order valence-corrected chi connectivity index (χ3v) is 4.37. The topological polar surface area (TPSA) is 50.2 Å². The minimum atomic E-state index is -0.0900. The maximum atomic E-state index is 12.5. The van der Waals surface area contributed by atoms with E-state index in [4.69, 9.17) is 11.6 Å². The van der Waals surface area contributed by atoms with Crippen molar-refractivity contribution >= 4 is 23.3 Å². The maximum absolute atomic E-state index is 12.5. The van der Waals surface area contributed by atoms with E-state index in [0.29, 0.717) is 17.4 Å². The highest BCUT2D eigenvalue weighted by Gasteiger charge is 2.13. The van der Waals surface area contributed by atoms with Crippen LogP contribution in [0.3, 0.4) is 0 Å². The van der Waals surface area contributed by atoms with Crippen LogP contribution in [0.4, 0.5) is 5.82 Å². The van der Waals surface area contributed by atoms with Gasteiger partial charge in [-0.3, -0.25) is 9.69 Å². The molecule has 1 amide bonds. The largest absolute Gasteiger partial charge is 0.309 e. The zero-order valence-corrected chi connectivity index (χ0v) is 16.5. The van der Waals surface area contributed by atoms with E-state index in [2.05, 4.69) is 10.4 Å². The third-order valence-electron chi connectivity index (χ3n) is 4.13. The van der Waals surface area contributed by atoms with Gasteiger partial charge in [-0.25, -0.2) is 4.68 Å². The molecule has 5 nitrogen and oxygen atoms in total. The van der Waals surface area contributed by atoms with E-state index in [1.54, 1.807) is 4.68 Å². The molecule has 0 spiro atoms. The van der Waals surface area contributed by atoms with Crippen LogP contribution in [-0.2, 0) is 11.3 Å². The zero-order valence-electron chi connectivity index (χ0n) is 15.7. The van der Waals surface area contributed by atoms with E-state index in [-0.39, 0.29) is 12.5 Å². The van der Waals surface area contributed by atoms with Gasteiger partial charge in [0.05, 0.1) is 17.9 Å². The van der Waals surface area contributed by atoms with Crippen LogP contribution in [0.5, 0.6) is 0 Å². The number of hydrogen-bond acceptors (Lipinski definition) is 3. The summed E-state index contributed by atoms with van der Waals surface area (Å²) >= 11 is 6.02. The number of aryl methyl sites for hydroxylation is 2. The Balaban J connectivity index is 1.66. The number of carbonyl (C=O) groups excluding carboxylic acids is 1. The van der Waals surface area contributed by atoms with Gasteiger partial charge in [-0.2, -0.15) is 5.10 Å². The van der Waals surface area contributed by atoms with Crippen molar-refractivity contribution in [3.8, 4) is 5.69 Å². The lowest BCUT2D eigenvalue weighted by molar-refractivity contribution is -0.117. The fourth-order valence-corrected chi connectivity index (χ4v) is 3.11. The molecular formula is C21H23ClN4O. The standard InChI is InChI=1S/C21H23ClN4O/c1-15-7-9-19(10-8-15)26-20(11-16(2)24-26)23-21(27)14-25(3)13-17-5-4-6-18(22)12-17/h4-12H,13-14H2,1-3H3,(H,23,27). The van der Waals surface area contributed by atoms with Crippen molar-refractivity contribution in [3.63, 3.8) is 0 Å². The van der Waals surface area contributed by atoms with Crippen molar-refractivity contribution in [1.29, 1.82) is 0 Å². The van der Waals surface area contributed by atoms with Gasteiger partial charge in [0.25, 0.3) is 0 Å². The molecule has 3 aromatic rings. The smallest absolute Gasteiger partial charge is 0.239 e. The maximum Gasteiger partial charge on any atom is 0.239 e. The predicted octanol–water partition coefficient (Wildman–Crippen LogP) is 4.21. The molecule has 0 bridgehead atoms. The Labute approximate surface area is 164 Å². The van der Waals surface area contributed by atoms with Crippen molar-refractivity contribution in [2.75, 3.05) is 18.9 Å². The summed E-state index contributed by atoms with van der Waals surface area (Å²) in [5, 5.41) is 8.16. The highest BCUT2D eigenvalue weighted by molar-refractivity contribution is 6.30. The molecule has 1 heterocycles. The van der Waals surface area contributed by atoms with Crippen molar-refractivity contribution in [2.45, 2.75) is 20.4 Å². The molecule has 6 heteroatoms. The molecule has 0 saturated heterocycles. The normalized spacial score (nSPS) is 11.0. The van der Waals surface area contributed by atoms with Crippen LogP contribution in [0.1, 0.15) is 16.8 Å². The Hall–Kier alpha value is -2.63. The Morgan fingerprint density at radius 1 is 1.15 bits per heavy atom. The van der Waals surface area contributed by atoms with Gasteiger partial charge in [0.15, 0.2) is 0 Å². The second kappa shape index (κ2) is 8.37. The van der Waals surface area contributed by atoms with Crippen LogP contribution in [0.25, 0.3) is 5.69 Å². The lowest BCUT2D eigenvalue weighted by Gasteiger charge is -2.17. The number of halogens is 1. The molecule has 140 valence electrons. The summed E-state index contributed by atoms with van der Waals surface area (Å²) in [6, 6.07) is 17.6. The number of amides is 1. The van der Waals surface area contributed by atoms with Crippen LogP contribution in [0.2, 0.25) is 5.02 Å². The average Bonchev–Trinajstić information content (AvgIpc) is 2.95. The van der Waals surface area contributed by atoms with Crippen LogP contribution in [0, 0.1) is 13.8 Å².